The number of unbranched alkanes of at least 4 members (excludes halogenated alkanes) is 2. The maximum atomic E-state index is 12.9. The molecule has 6 nitrogen and oxygen atoms in total. The Hall–Kier alpha value is -1.82. The molecule has 158 valence electrons. The third-order valence-electron chi connectivity index (χ3n) is 5.39. The minimum absolute atomic E-state index is 0.0123. The number of pyridine rings is 1. The van der Waals surface area contributed by atoms with E-state index in [1.807, 2.05) is 4.90 Å². The van der Waals surface area contributed by atoms with Gasteiger partial charge in [0.15, 0.2) is 0 Å². The standard InChI is InChI=1S/C22H39N5O/c1-3-5-17-27(18-6-4-2)22(28)20-12-11-19(23)21(25-20)24-13-10-16-26-14-8-7-9-15-26/h11-12H,3-10,13-18,23H2,1-2H3,(H,24,25). The summed E-state index contributed by atoms with van der Waals surface area (Å²) < 4.78 is 0. The van der Waals surface area contributed by atoms with Crippen molar-refractivity contribution in [3.05, 3.63) is 17.8 Å². The molecule has 0 unspecified atom stereocenters. The molecule has 1 aliphatic rings. The van der Waals surface area contributed by atoms with Crippen molar-refractivity contribution in [2.45, 2.75) is 65.2 Å². The van der Waals surface area contributed by atoms with Gasteiger partial charge in [-0.1, -0.05) is 33.1 Å². The SMILES string of the molecule is CCCCN(CCCC)C(=O)c1ccc(N)c(NCCCN2CCCCC2)n1. The lowest BCUT2D eigenvalue weighted by Gasteiger charge is -2.26. The van der Waals surface area contributed by atoms with Crippen LogP contribution >= 0.6 is 0 Å². The van der Waals surface area contributed by atoms with Crippen LogP contribution in [-0.2, 0) is 0 Å². The molecule has 2 rings (SSSR count). The van der Waals surface area contributed by atoms with Gasteiger partial charge in [0.25, 0.3) is 5.91 Å². The van der Waals surface area contributed by atoms with Gasteiger partial charge in [0.05, 0.1) is 5.69 Å². The molecule has 0 atom stereocenters. The maximum Gasteiger partial charge on any atom is 0.272 e. The second kappa shape index (κ2) is 12.6. The van der Waals surface area contributed by atoms with Crippen LogP contribution < -0.4 is 11.1 Å². The van der Waals surface area contributed by atoms with Crippen molar-refractivity contribution in [2.75, 3.05) is 50.3 Å². The molecule has 0 saturated carbocycles. The summed E-state index contributed by atoms with van der Waals surface area (Å²) in [6.07, 6.45) is 9.25. The zero-order chi connectivity index (χ0) is 20.2. The topological polar surface area (TPSA) is 74.5 Å². The Balaban J connectivity index is 1.91. The first-order valence-corrected chi connectivity index (χ1v) is 11.2. The second-order valence-electron chi connectivity index (χ2n) is 7.82. The monoisotopic (exact) mass is 389 g/mol. The highest BCUT2D eigenvalue weighted by Crippen LogP contribution is 2.17. The third kappa shape index (κ3) is 7.30. The Morgan fingerprint density at radius 1 is 1.11 bits per heavy atom. The lowest BCUT2D eigenvalue weighted by Crippen LogP contribution is -2.33. The smallest absolute Gasteiger partial charge is 0.272 e. The second-order valence-corrected chi connectivity index (χ2v) is 7.82. The molecule has 0 aliphatic carbocycles. The summed E-state index contributed by atoms with van der Waals surface area (Å²) in [7, 11) is 0. The van der Waals surface area contributed by atoms with Gasteiger partial charge in [-0.25, -0.2) is 4.98 Å². The predicted molar refractivity (Wildman–Crippen MR) is 118 cm³/mol. The first-order valence-electron chi connectivity index (χ1n) is 11.2. The molecule has 28 heavy (non-hydrogen) atoms. The van der Waals surface area contributed by atoms with E-state index < -0.39 is 0 Å². The number of amides is 1. The number of aromatic nitrogens is 1. The molecule has 0 aromatic carbocycles. The van der Waals surface area contributed by atoms with Gasteiger partial charge >= 0.3 is 0 Å². The number of nitrogens with zero attached hydrogens (tertiary/aromatic N) is 3. The number of nitrogen functional groups attached to an aromatic ring is 1. The van der Waals surface area contributed by atoms with Gasteiger partial charge in [0.1, 0.15) is 11.5 Å². The summed E-state index contributed by atoms with van der Waals surface area (Å²) in [5, 5.41) is 3.34. The highest BCUT2D eigenvalue weighted by molar-refractivity contribution is 5.93. The van der Waals surface area contributed by atoms with E-state index in [0.717, 1.165) is 58.3 Å². The van der Waals surface area contributed by atoms with Crippen LogP contribution in [0.3, 0.4) is 0 Å². The molecule has 0 bridgehead atoms. The van der Waals surface area contributed by atoms with Crippen LogP contribution in [0.4, 0.5) is 11.5 Å². The number of nitrogens with two attached hydrogens (primary N) is 1. The minimum Gasteiger partial charge on any atom is -0.396 e. The Bertz CT molecular complexity index is 578. The average molecular weight is 390 g/mol. The number of hydrogen-bond acceptors (Lipinski definition) is 5. The Morgan fingerprint density at radius 2 is 1.79 bits per heavy atom. The van der Waals surface area contributed by atoms with E-state index in [-0.39, 0.29) is 5.91 Å². The number of carbonyl (C=O) groups excluding carboxylic acids is 1. The minimum atomic E-state index is 0.0123. The van der Waals surface area contributed by atoms with Gasteiger partial charge in [-0.2, -0.15) is 0 Å². The predicted octanol–water partition coefficient (Wildman–Crippen LogP) is 3.99. The van der Waals surface area contributed by atoms with E-state index in [4.69, 9.17) is 5.73 Å². The van der Waals surface area contributed by atoms with Crippen LogP contribution in [0.15, 0.2) is 12.1 Å². The molecule has 1 fully saturated rings. The van der Waals surface area contributed by atoms with Crippen LogP contribution in [0.1, 0.15) is 75.7 Å². The fourth-order valence-corrected chi connectivity index (χ4v) is 3.60. The molecule has 1 saturated heterocycles. The van der Waals surface area contributed by atoms with Crippen LogP contribution in [0.2, 0.25) is 0 Å². The molecular weight excluding hydrogens is 350 g/mol. The van der Waals surface area contributed by atoms with Crippen molar-refractivity contribution < 1.29 is 4.79 Å². The fraction of sp³-hybridized carbons (Fsp3) is 0.727. The Labute approximate surface area is 170 Å². The van der Waals surface area contributed by atoms with Crippen LogP contribution in [0.5, 0.6) is 0 Å². The van der Waals surface area contributed by atoms with Crippen LogP contribution in [-0.4, -0.2) is 60.0 Å². The van der Waals surface area contributed by atoms with E-state index in [2.05, 4.69) is 29.0 Å². The number of piperidine rings is 1. The van der Waals surface area contributed by atoms with Gasteiger partial charge in [0.2, 0.25) is 0 Å². The van der Waals surface area contributed by atoms with Crippen molar-refractivity contribution in [3.8, 4) is 0 Å². The van der Waals surface area contributed by atoms with Gasteiger partial charge < -0.3 is 20.9 Å². The molecule has 2 heterocycles. The lowest BCUT2D eigenvalue weighted by molar-refractivity contribution is 0.0745. The summed E-state index contributed by atoms with van der Waals surface area (Å²) in [6.45, 7) is 10.2. The number of hydrogen-bond donors (Lipinski definition) is 2. The van der Waals surface area contributed by atoms with E-state index >= 15 is 0 Å². The van der Waals surface area contributed by atoms with Crippen molar-refractivity contribution >= 4 is 17.4 Å². The fourth-order valence-electron chi connectivity index (χ4n) is 3.60. The molecular formula is C22H39N5O. The van der Waals surface area contributed by atoms with Crippen LogP contribution in [0.25, 0.3) is 0 Å². The largest absolute Gasteiger partial charge is 0.396 e. The molecule has 1 aromatic heterocycles. The number of carbonyl (C=O) groups is 1. The maximum absolute atomic E-state index is 12.9. The van der Waals surface area contributed by atoms with Crippen molar-refractivity contribution in [1.29, 1.82) is 0 Å². The Morgan fingerprint density at radius 3 is 2.43 bits per heavy atom. The molecule has 1 aliphatic heterocycles. The van der Waals surface area contributed by atoms with E-state index in [9.17, 15) is 4.79 Å². The first kappa shape index (κ1) is 22.5. The van der Waals surface area contributed by atoms with Gasteiger partial charge in [-0.05, 0) is 63.9 Å². The molecule has 3 N–H and O–H groups in total. The molecule has 0 spiro atoms. The zero-order valence-electron chi connectivity index (χ0n) is 17.9. The summed E-state index contributed by atoms with van der Waals surface area (Å²) in [5.41, 5.74) is 7.18. The number of likely N-dealkylation sites (tertiary alicyclic amines) is 1. The summed E-state index contributed by atoms with van der Waals surface area (Å²) in [6, 6.07) is 3.55. The van der Waals surface area contributed by atoms with E-state index in [0.29, 0.717) is 17.2 Å². The highest BCUT2D eigenvalue weighted by atomic mass is 16.2. The van der Waals surface area contributed by atoms with Crippen molar-refractivity contribution in [2.24, 2.45) is 0 Å². The summed E-state index contributed by atoms with van der Waals surface area (Å²) >= 11 is 0. The number of anilines is 2. The van der Waals surface area contributed by atoms with Crippen molar-refractivity contribution in [1.82, 2.24) is 14.8 Å². The quantitative estimate of drug-likeness (QED) is 0.529. The normalized spacial score (nSPS) is 14.8. The molecule has 0 radical (unpaired) electrons. The van der Waals surface area contributed by atoms with Gasteiger partial charge in [-0.15, -0.1) is 0 Å². The average Bonchev–Trinajstić information content (AvgIpc) is 2.73. The number of rotatable bonds is 12. The highest BCUT2D eigenvalue weighted by Gasteiger charge is 2.17. The third-order valence-corrected chi connectivity index (χ3v) is 5.39. The summed E-state index contributed by atoms with van der Waals surface area (Å²) in [4.78, 5) is 22.0. The lowest BCUT2D eigenvalue weighted by atomic mass is 10.1. The van der Waals surface area contributed by atoms with Gasteiger partial charge in [0, 0.05) is 19.6 Å². The molecule has 1 amide bonds. The number of nitrogens with one attached hydrogen (secondary N) is 1. The van der Waals surface area contributed by atoms with E-state index in [1.165, 1.54) is 32.4 Å². The summed E-state index contributed by atoms with van der Waals surface area (Å²) in [5.74, 6) is 0.647. The first-order chi connectivity index (χ1) is 13.7. The van der Waals surface area contributed by atoms with Gasteiger partial charge in [-0.3, -0.25) is 4.79 Å². The molecule has 1 aromatic rings. The zero-order valence-corrected chi connectivity index (χ0v) is 17.9. The van der Waals surface area contributed by atoms with Crippen molar-refractivity contribution in [3.63, 3.8) is 0 Å². The Kier molecular flexibility index (Phi) is 10.1. The molecule has 6 heteroatoms. The van der Waals surface area contributed by atoms with E-state index in [1.54, 1.807) is 12.1 Å². The van der Waals surface area contributed by atoms with Crippen LogP contribution in [0, 0.1) is 0 Å².